The molecule has 0 bridgehead atoms. The van der Waals surface area contributed by atoms with Crippen LogP contribution in [0, 0.1) is 13.8 Å². The second kappa shape index (κ2) is 8.61. The number of hydrogen-bond donors (Lipinski definition) is 0. The third-order valence-electron chi connectivity index (χ3n) is 5.68. The lowest BCUT2D eigenvalue weighted by Crippen LogP contribution is -2.50. The Morgan fingerprint density at radius 3 is 2.21 bits per heavy atom. The summed E-state index contributed by atoms with van der Waals surface area (Å²) in [4.78, 5) is 29.3. The van der Waals surface area contributed by atoms with Crippen molar-refractivity contribution >= 4 is 11.7 Å². The highest BCUT2D eigenvalue weighted by Gasteiger charge is 2.24. The maximum atomic E-state index is 12.7. The van der Waals surface area contributed by atoms with Crippen LogP contribution in [0.15, 0.2) is 30.3 Å². The van der Waals surface area contributed by atoms with Crippen molar-refractivity contribution in [1.82, 2.24) is 14.4 Å². The van der Waals surface area contributed by atoms with Gasteiger partial charge in [0.2, 0.25) is 5.91 Å². The molecular weight excluding hydrogens is 354 g/mol. The molecule has 0 unspecified atom stereocenters. The van der Waals surface area contributed by atoms with E-state index in [9.17, 15) is 9.59 Å². The van der Waals surface area contributed by atoms with Crippen LogP contribution in [0.4, 0.5) is 0 Å². The molecule has 1 saturated heterocycles. The molecule has 0 spiro atoms. The van der Waals surface area contributed by atoms with Crippen molar-refractivity contribution in [3.05, 3.63) is 52.8 Å². The van der Waals surface area contributed by atoms with E-state index >= 15 is 0 Å². The van der Waals surface area contributed by atoms with Crippen molar-refractivity contribution in [1.29, 1.82) is 0 Å². The van der Waals surface area contributed by atoms with Crippen molar-refractivity contribution in [3.63, 3.8) is 0 Å². The van der Waals surface area contributed by atoms with Gasteiger partial charge in [0, 0.05) is 50.2 Å². The summed E-state index contributed by atoms with van der Waals surface area (Å²) < 4.78 is 7.20. The number of ether oxygens (including phenoxy) is 1. The molecule has 0 saturated carbocycles. The standard InChI is InChI=1S/C22H29N3O3/c1-16-13-20(17(2)23(16)3)21(26)15-24-9-11-25(12-10-24)22(27)14-18-5-7-19(28-4)8-6-18/h5-8,13H,9-12,14-15H2,1-4H3. The van der Waals surface area contributed by atoms with Gasteiger partial charge in [-0.05, 0) is 37.6 Å². The summed E-state index contributed by atoms with van der Waals surface area (Å²) in [5, 5.41) is 0. The monoisotopic (exact) mass is 383 g/mol. The molecule has 6 heteroatoms. The maximum absolute atomic E-state index is 12.7. The summed E-state index contributed by atoms with van der Waals surface area (Å²) in [6.45, 7) is 7.18. The molecule has 1 aliphatic rings. The highest BCUT2D eigenvalue weighted by atomic mass is 16.5. The van der Waals surface area contributed by atoms with Gasteiger partial charge in [0.1, 0.15) is 5.75 Å². The van der Waals surface area contributed by atoms with Gasteiger partial charge in [-0.15, -0.1) is 0 Å². The lowest BCUT2D eigenvalue weighted by molar-refractivity contribution is -0.132. The first-order chi connectivity index (χ1) is 13.4. The fourth-order valence-corrected chi connectivity index (χ4v) is 3.61. The van der Waals surface area contributed by atoms with Crippen LogP contribution in [0.3, 0.4) is 0 Å². The van der Waals surface area contributed by atoms with E-state index in [0.717, 1.165) is 41.4 Å². The molecule has 150 valence electrons. The summed E-state index contributed by atoms with van der Waals surface area (Å²) in [6.07, 6.45) is 0.394. The molecular formula is C22H29N3O3. The number of aromatic nitrogens is 1. The smallest absolute Gasteiger partial charge is 0.227 e. The minimum absolute atomic E-state index is 0.130. The lowest BCUT2D eigenvalue weighted by Gasteiger charge is -2.34. The van der Waals surface area contributed by atoms with Crippen molar-refractivity contribution in [2.24, 2.45) is 7.05 Å². The van der Waals surface area contributed by atoms with E-state index in [1.54, 1.807) is 7.11 Å². The van der Waals surface area contributed by atoms with Gasteiger partial charge in [0.15, 0.2) is 5.78 Å². The summed E-state index contributed by atoms with van der Waals surface area (Å²) in [5.41, 5.74) is 3.89. The van der Waals surface area contributed by atoms with Crippen molar-refractivity contribution < 1.29 is 14.3 Å². The van der Waals surface area contributed by atoms with Gasteiger partial charge in [-0.1, -0.05) is 12.1 Å². The molecule has 28 heavy (non-hydrogen) atoms. The summed E-state index contributed by atoms with van der Waals surface area (Å²) in [7, 11) is 3.61. The number of rotatable bonds is 6. The van der Waals surface area contributed by atoms with Crippen molar-refractivity contribution in [2.45, 2.75) is 20.3 Å². The van der Waals surface area contributed by atoms with Gasteiger partial charge in [-0.2, -0.15) is 0 Å². The second-order valence-electron chi connectivity index (χ2n) is 7.45. The number of carbonyl (C=O) groups excluding carboxylic acids is 2. The third-order valence-corrected chi connectivity index (χ3v) is 5.68. The number of amides is 1. The molecule has 2 heterocycles. The van der Waals surface area contributed by atoms with Crippen LogP contribution < -0.4 is 4.74 Å². The minimum atomic E-state index is 0.130. The first kappa shape index (κ1) is 20.1. The quantitative estimate of drug-likeness (QED) is 0.718. The summed E-state index contributed by atoms with van der Waals surface area (Å²) >= 11 is 0. The Bertz CT molecular complexity index is 847. The van der Waals surface area contributed by atoms with E-state index in [2.05, 4.69) is 4.90 Å². The Hall–Kier alpha value is -2.60. The van der Waals surface area contributed by atoms with Crippen LogP contribution in [0.1, 0.15) is 27.3 Å². The number of ketones is 1. The zero-order chi connectivity index (χ0) is 20.3. The molecule has 1 aromatic carbocycles. The zero-order valence-electron chi connectivity index (χ0n) is 17.2. The Balaban J connectivity index is 1.50. The van der Waals surface area contributed by atoms with Crippen LogP contribution in [0.5, 0.6) is 5.75 Å². The first-order valence-electron chi connectivity index (χ1n) is 9.68. The number of piperazine rings is 1. The van der Waals surface area contributed by atoms with Crippen molar-refractivity contribution in [3.8, 4) is 5.75 Å². The van der Waals surface area contributed by atoms with E-state index in [0.29, 0.717) is 26.1 Å². The highest BCUT2D eigenvalue weighted by Crippen LogP contribution is 2.16. The number of methoxy groups -OCH3 is 1. The predicted octanol–water partition coefficient (Wildman–Crippen LogP) is 2.22. The van der Waals surface area contributed by atoms with Crippen molar-refractivity contribution in [2.75, 3.05) is 39.8 Å². The van der Waals surface area contributed by atoms with E-state index in [1.807, 2.05) is 60.7 Å². The molecule has 1 aromatic heterocycles. The summed E-state index contributed by atoms with van der Waals surface area (Å²) in [6, 6.07) is 9.57. The average molecular weight is 383 g/mol. The van der Waals surface area contributed by atoms with E-state index < -0.39 is 0 Å². The molecule has 1 amide bonds. The second-order valence-corrected chi connectivity index (χ2v) is 7.45. The Morgan fingerprint density at radius 2 is 1.68 bits per heavy atom. The molecule has 0 atom stereocenters. The molecule has 6 nitrogen and oxygen atoms in total. The summed E-state index contributed by atoms with van der Waals surface area (Å²) in [5.74, 6) is 1.07. The van der Waals surface area contributed by atoms with E-state index in [-0.39, 0.29) is 11.7 Å². The number of hydrogen-bond acceptors (Lipinski definition) is 4. The maximum Gasteiger partial charge on any atom is 0.227 e. The zero-order valence-corrected chi connectivity index (χ0v) is 17.2. The van der Waals surface area contributed by atoms with E-state index in [4.69, 9.17) is 4.74 Å². The van der Waals surface area contributed by atoms with Gasteiger partial charge in [-0.3, -0.25) is 14.5 Å². The number of Topliss-reactive ketones (excluding diaryl/α,β-unsaturated/α-hetero) is 1. The SMILES string of the molecule is COc1ccc(CC(=O)N2CCN(CC(=O)c3cc(C)n(C)c3C)CC2)cc1. The molecule has 1 fully saturated rings. The topological polar surface area (TPSA) is 54.8 Å². The van der Waals surface area contributed by atoms with Gasteiger partial charge in [0.25, 0.3) is 0 Å². The van der Waals surface area contributed by atoms with Crippen LogP contribution >= 0.6 is 0 Å². The number of benzene rings is 1. The molecule has 0 N–H and O–H groups in total. The van der Waals surface area contributed by atoms with Gasteiger partial charge in [-0.25, -0.2) is 0 Å². The first-order valence-corrected chi connectivity index (χ1v) is 9.68. The normalized spacial score (nSPS) is 14.9. The average Bonchev–Trinajstić information content (AvgIpc) is 2.96. The van der Waals surface area contributed by atoms with Gasteiger partial charge < -0.3 is 14.2 Å². The van der Waals surface area contributed by atoms with Crippen LogP contribution in [-0.4, -0.2) is 65.9 Å². The number of carbonyl (C=O) groups is 2. The largest absolute Gasteiger partial charge is 0.497 e. The Kier molecular flexibility index (Phi) is 6.19. The van der Waals surface area contributed by atoms with Gasteiger partial charge >= 0.3 is 0 Å². The number of nitrogens with zero attached hydrogens (tertiary/aromatic N) is 3. The van der Waals surface area contributed by atoms with Crippen LogP contribution in [0.2, 0.25) is 0 Å². The fourth-order valence-electron chi connectivity index (χ4n) is 3.61. The lowest BCUT2D eigenvalue weighted by atomic mass is 10.1. The van der Waals surface area contributed by atoms with E-state index in [1.165, 1.54) is 0 Å². The predicted molar refractivity (Wildman–Crippen MR) is 109 cm³/mol. The Labute approximate surface area is 166 Å². The molecule has 0 radical (unpaired) electrons. The highest BCUT2D eigenvalue weighted by molar-refractivity contribution is 5.99. The van der Waals surface area contributed by atoms with Crippen LogP contribution in [-0.2, 0) is 18.3 Å². The third kappa shape index (κ3) is 4.44. The molecule has 2 aromatic rings. The Morgan fingerprint density at radius 1 is 1.04 bits per heavy atom. The molecule has 0 aliphatic carbocycles. The minimum Gasteiger partial charge on any atom is -0.497 e. The molecule has 1 aliphatic heterocycles. The molecule has 3 rings (SSSR count). The fraction of sp³-hybridized carbons (Fsp3) is 0.455. The number of aryl methyl sites for hydroxylation is 1. The van der Waals surface area contributed by atoms with Crippen LogP contribution in [0.25, 0.3) is 0 Å². The van der Waals surface area contributed by atoms with Gasteiger partial charge in [0.05, 0.1) is 20.1 Å².